The van der Waals surface area contributed by atoms with Crippen molar-refractivity contribution in [2.45, 2.75) is 44.6 Å². The SMILES string of the molecule is CN(CC(=O)NC1CCCC1)CC1CCNCC1. The van der Waals surface area contributed by atoms with Crippen molar-refractivity contribution in [3.8, 4) is 0 Å². The zero-order valence-electron chi connectivity index (χ0n) is 11.6. The van der Waals surface area contributed by atoms with Gasteiger partial charge >= 0.3 is 0 Å². The third-order valence-electron chi connectivity index (χ3n) is 4.16. The molecule has 0 radical (unpaired) electrons. The second-order valence-electron chi connectivity index (χ2n) is 5.94. The number of amides is 1. The molecule has 18 heavy (non-hydrogen) atoms. The van der Waals surface area contributed by atoms with E-state index in [1.807, 2.05) is 0 Å². The van der Waals surface area contributed by atoms with Crippen molar-refractivity contribution in [2.75, 3.05) is 33.2 Å². The lowest BCUT2D eigenvalue weighted by atomic mass is 9.98. The van der Waals surface area contributed by atoms with Crippen LogP contribution >= 0.6 is 0 Å². The van der Waals surface area contributed by atoms with E-state index >= 15 is 0 Å². The lowest BCUT2D eigenvalue weighted by Gasteiger charge is -2.27. The summed E-state index contributed by atoms with van der Waals surface area (Å²) in [5.41, 5.74) is 0. The van der Waals surface area contributed by atoms with Gasteiger partial charge in [0.25, 0.3) is 0 Å². The van der Waals surface area contributed by atoms with Crippen LogP contribution in [0.1, 0.15) is 38.5 Å². The molecule has 1 aliphatic carbocycles. The molecule has 2 rings (SSSR count). The van der Waals surface area contributed by atoms with Crippen LogP contribution in [0.4, 0.5) is 0 Å². The van der Waals surface area contributed by atoms with E-state index in [4.69, 9.17) is 0 Å². The number of nitrogens with one attached hydrogen (secondary N) is 2. The van der Waals surface area contributed by atoms with Crippen molar-refractivity contribution in [1.29, 1.82) is 0 Å². The van der Waals surface area contributed by atoms with Crippen LogP contribution in [0.3, 0.4) is 0 Å². The van der Waals surface area contributed by atoms with Crippen LogP contribution in [0, 0.1) is 5.92 Å². The summed E-state index contributed by atoms with van der Waals surface area (Å²) in [5, 5.41) is 6.53. The van der Waals surface area contributed by atoms with Gasteiger partial charge in [-0.3, -0.25) is 9.69 Å². The van der Waals surface area contributed by atoms with Crippen molar-refractivity contribution in [3.05, 3.63) is 0 Å². The Morgan fingerprint density at radius 3 is 2.56 bits per heavy atom. The summed E-state index contributed by atoms with van der Waals surface area (Å²) in [7, 11) is 2.07. The first-order chi connectivity index (χ1) is 8.74. The number of hydrogen-bond acceptors (Lipinski definition) is 3. The molecule has 4 nitrogen and oxygen atoms in total. The molecule has 2 aliphatic rings. The van der Waals surface area contributed by atoms with Gasteiger partial charge in [-0.1, -0.05) is 12.8 Å². The maximum absolute atomic E-state index is 11.9. The van der Waals surface area contributed by atoms with Crippen molar-refractivity contribution < 1.29 is 4.79 Å². The fourth-order valence-electron chi connectivity index (χ4n) is 3.16. The largest absolute Gasteiger partial charge is 0.352 e. The highest BCUT2D eigenvalue weighted by molar-refractivity contribution is 5.78. The van der Waals surface area contributed by atoms with Gasteiger partial charge in [-0.05, 0) is 51.7 Å². The van der Waals surface area contributed by atoms with Gasteiger partial charge in [0.15, 0.2) is 0 Å². The number of carbonyl (C=O) groups is 1. The van der Waals surface area contributed by atoms with E-state index in [9.17, 15) is 4.79 Å². The Balaban J connectivity index is 1.62. The summed E-state index contributed by atoms with van der Waals surface area (Å²) < 4.78 is 0. The molecule has 1 heterocycles. The van der Waals surface area contributed by atoms with Crippen LogP contribution in [-0.4, -0.2) is 50.1 Å². The molecule has 0 aromatic rings. The van der Waals surface area contributed by atoms with E-state index < -0.39 is 0 Å². The molecule has 1 aliphatic heterocycles. The Morgan fingerprint density at radius 2 is 1.89 bits per heavy atom. The summed E-state index contributed by atoms with van der Waals surface area (Å²) in [5.74, 6) is 0.967. The Kier molecular flexibility index (Phi) is 5.45. The lowest BCUT2D eigenvalue weighted by Crippen LogP contribution is -2.42. The van der Waals surface area contributed by atoms with Crippen LogP contribution in [0.25, 0.3) is 0 Å². The zero-order valence-corrected chi connectivity index (χ0v) is 11.6. The predicted octanol–water partition coefficient (Wildman–Crippen LogP) is 0.977. The second-order valence-corrected chi connectivity index (χ2v) is 5.94. The molecule has 1 saturated carbocycles. The van der Waals surface area contributed by atoms with Crippen LogP contribution in [0.15, 0.2) is 0 Å². The van der Waals surface area contributed by atoms with E-state index in [0.717, 1.165) is 25.6 Å². The molecule has 0 spiro atoms. The number of piperidine rings is 1. The first-order valence-electron chi connectivity index (χ1n) is 7.42. The molecular weight excluding hydrogens is 226 g/mol. The number of hydrogen-bond donors (Lipinski definition) is 2. The molecule has 0 bridgehead atoms. The van der Waals surface area contributed by atoms with Crippen LogP contribution < -0.4 is 10.6 Å². The van der Waals surface area contributed by atoms with Crippen molar-refractivity contribution in [2.24, 2.45) is 5.92 Å². The summed E-state index contributed by atoms with van der Waals surface area (Å²) in [4.78, 5) is 14.1. The molecule has 0 unspecified atom stereocenters. The highest BCUT2D eigenvalue weighted by Crippen LogP contribution is 2.17. The third kappa shape index (κ3) is 4.58. The van der Waals surface area contributed by atoms with Gasteiger partial charge in [0.2, 0.25) is 5.91 Å². The topological polar surface area (TPSA) is 44.4 Å². The van der Waals surface area contributed by atoms with Crippen LogP contribution in [-0.2, 0) is 4.79 Å². The number of likely N-dealkylation sites (N-methyl/N-ethyl adjacent to an activating group) is 1. The van der Waals surface area contributed by atoms with Crippen LogP contribution in [0.2, 0.25) is 0 Å². The van der Waals surface area contributed by atoms with Gasteiger partial charge in [-0.2, -0.15) is 0 Å². The van der Waals surface area contributed by atoms with Crippen LogP contribution in [0.5, 0.6) is 0 Å². The fraction of sp³-hybridized carbons (Fsp3) is 0.929. The van der Waals surface area contributed by atoms with Gasteiger partial charge in [0.05, 0.1) is 6.54 Å². The number of nitrogens with zero attached hydrogens (tertiary/aromatic N) is 1. The van der Waals surface area contributed by atoms with Crippen molar-refractivity contribution >= 4 is 5.91 Å². The Hall–Kier alpha value is -0.610. The molecule has 2 N–H and O–H groups in total. The molecule has 4 heteroatoms. The van der Waals surface area contributed by atoms with E-state index in [-0.39, 0.29) is 5.91 Å². The lowest BCUT2D eigenvalue weighted by molar-refractivity contribution is -0.122. The quantitative estimate of drug-likeness (QED) is 0.767. The monoisotopic (exact) mass is 253 g/mol. The minimum Gasteiger partial charge on any atom is -0.352 e. The highest BCUT2D eigenvalue weighted by atomic mass is 16.2. The maximum Gasteiger partial charge on any atom is 0.234 e. The summed E-state index contributed by atoms with van der Waals surface area (Å²) >= 11 is 0. The van der Waals surface area contributed by atoms with Gasteiger partial charge in [-0.15, -0.1) is 0 Å². The van der Waals surface area contributed by atoms with Crippen molar-refractivity contribution in [3.63, 3.8) is 0 Å². The minimum absolute atomic E-state index is 0.207. The maximum atomic E-state index is 11.9. The zero-order chi connectivity index (χ0) is 12.8. The summed E-state index contributed by atoms with van der Waals surface area (Å²) in [6.45, 7) is 3.87. The van der Waals surface area contributed by atoms with Gasteiger partial charge in [0.1, 0.15) is 0 Å². The smallest absolute Gasteiger partial charge is 0.234 e. The number of rotatable bonds is 5. The summed E-state index contributed by atoms with van der Waals surface area (Å²) in [6.07, 6.45) is 7.38. The Labute approximate surface area is 110 Å². The van der Waals surface area contributed by atoms with E-state index in [0.29, 0.717) is 12.6 Å². The standard InChI is InChI=1S/C14H27N3O/c1-17(10-12-6-8-15-9-7-12)11-14(18)16-13-4-2-3-5-13/h12-13,15H,2-11H2,1H3,(H,16,18). The van der Waals surface area contributed by atoms with Gasteiger partial charge in [0, 0.05) is 12.6 Å². The second kappa shape index (κ2) is 7.10. The molecule has 1 saturated heterocycles. The average molecular weight is 253 g/mol. The first kappa shape index (κ1) is 13.8. The van der Waals surface area contributed by atoms with E-state index in [1.54, 1.807) is 0 Å². The molecule has 2 fully saturated rings. The Bertz CT molecular complexity index is 258. The third-order valence-corrected chi connectivity index (χ3v) is 4.16. The van der Waals surface area contributed by atoms with E-state index in [1.165, 1.54) is 38.5 Å². The molecule has 0 atom stereocenters. The van der Waals surface area contributed by atoms with Gasteiger partial charge in [-0.25, -0.2) is 0 Å². The molecule has 0 aromatic heterocycles. The number of carbonyl (C=O) groups excluding carboxylic acids is 1. The average Bonchev–Trinajstić information content (AvgIpc) is 2.82. The minimum atomic E-state index is 0.207. The normalized spacial score (nSPS) is 22.6. The molecular formula is C14H27N3O. The first-order valence-corrected chi connectivity index (χ1v) is 7.42. The predicted molar refractivity (Wildman–Crippen MR) is 73.5 cm³/mol. The van der Waals surface area contributed by atoms with Crippen molar-refractivity contribution in [1.82, 2.24) is 15.5 Å². The molecule has 1 amide bonds. The molecule has 0 aromatic carbocycles. The van der Waals surface area contributed by atoms with Gasteiger partial charge < -0.3 is 10.6 Å². The Morgan fingerprint density at radius 1 is 1.22 bits per heavy atom. The summed E-state index contributed by atoms with van der Waals surface area (Å²) in [6, 6.07) is 0.449. The highest BCUT2D eigenvalue weighted by Gasteiger charge is 2.19. The van der Waals surface area contributed by atoms with E-state index in [2.05, 4.69) is 22.6 Å². The fourth-order valence-corrected chi connectivity index (χ4v) is 3.16. The molecule has 104 valence electrons.